The van der Waals surface area contributed by atoms with E-state index in [2.05, 4.69) is 37.8 Å². The first-order chi connectivity index (χ1) is 10.5. The Morgan fingerprint density at radius 3 is 2.59 bits per heavy atom. The smallest absolute Gasteiger partial charge is 0.221 e. The number of piperazine rings is 1. The first kappa shape index (κ1) is 15.3. The second-order valence-electron chi connectivity index (χ2n) is 5.41. The molecule has 1 fully saturated rings. The van der Waals surface area contributed by atoms with Crippen molar-refractivity contribution in [1.82, 2.24) is 14.8 Å². The Kier molecular flexibility index (Phi) is 4.07. The quantitative estimate of drug-likeness (QED) is 0.674. The third-order valence-corrected chi connectivity index (χ3v) is 4.56. The van der Waals surface area contributed by atoms with E-state index < -0.39 is 0 Å². The number of aliphatic imine (C=N–C) groups is 1. The number of nitrogens with zero attached hydrogens (tertiary/aromatic N) is 4. The lowest BCUT2D eigenvalue weighted by molar-refractivity contribution is 0.203. The highest BCUT2D eigenvalue weighted by atomic mass is 79.9. The van der Waals surface area contributed by atoms with Gasteiger partial charge in [-0.15, -0.1) is 0 Å². The third kappa shape index (κ3) is 2.57. The van der Waals surface area contributed by atoms with E-state index in [-0.39, 0.29) is 5.82 Å². The van der Waals surface area contributed by atoms with E-state index in [0.29, 0.717) is 27.4 Å². The van der Waals surface area contributed by atoms with E-state index in [4.69, 9.17) is 11.6 Å². The van der Waals surface area contributed by atoms with Gasteiger partial charge in [0.1, 0.15) is 5.82 Å². The largest absolute Gasteiger partial charge is 0.403 e. The van der Waals surface area contributed by atoms with Gasteiger partial charge in [0.25, 0.3) is 0 Å². The maximum atomic E-state index is 13.8. The second kappa shape index (κ2) is 5.86. The zero-order valence-electron chi connectivity index (χ0n) is 12.3. The molecule has 0 aromatic heterocycles. The van der Waals surface area contributed by atoms with Crippen molar-refractivity contribution in [3.63, 3.8) is 0 Å². The van der Waals surface area contributed by atoms with Crippen LogP contribution in [0.3, 0.4) is 0 Å². The SMILES string of the molecule is CN1CCN(C2=Nc3cc(F)c(Br)cc3/C(=C/N)N2N)CC1. The Labute approximate surface area is 137 Å². The number of guanidine groups is 1. The van der Waals surface area contributed by atoms with Gasteiger partial charge in [-0.1, -0.05) is 0 Å². The molecule has 0 unspecified atom stereocenters. The van der Waals surface area contributed by atoms with Crippen LogP contribution in [0.5, 0.6) is 0 Å². The molecule has 0 radical (unpaired) electrons. The van der Waals surface area contributed by atoms with Crippen LogP contribution < -0.4 is 11.6 Å². The molecule has 6 nitrogen and oxygen atoms in total. The summed E-state index contributed by atoms with van der Waals surface area (Å²) in [5.74, 6) is 6.43. The summed E-state index contributed by atoms with van der Waals surface area (Å²) in [5.41, 5.74) is 7.59. The molecule has 0 bridgehead atoms. The average Bonchev–Trinajstić information content (AvgIpc) is 2.50. The van der Waals surface area contributed by atoms with Crippen molar-refractivity contribution in [2.45, 2.75) is 0 Å². The fourth-order valence-corrected chi connectivity index (χ4v) is 2.98. The number of nitrogens with two attached hydrogens (primary N) is 2. The summed E-state index contributed by atoms with van der Waals surface area (Å²) >= 11 is 3.18. The maximum absolute atomic E-state index is 13.8. The van der Waals surface area contributed by atoms with Gasteiger partial charge in [-0.25, -0.2) is 20.2 Å². The molecule has 0 atom stereocenters. The summed E-state index contributed by atoms with van der Waals surface area (Å²) in [5, 5.41) is 1.47. The minimum absolute atomic E-state index is 0.359. The van der Waals surface area contributed by atoms with Crippen LogP contribution in [0, 0.1) is 5.82 Å². The van der Waals surface area contributed by atoms with E-state index in [1.807, 2.05) is 0 Å². The van der Waals surface area contributed by atoms with Gasteiger partial charge in [0.05, 0.1) is 15.9 Å². The molecule has 2 aliphatic heterocycles. The van der Waals surface area contributed by atoms with E-state index >= 15 is 0 Å². The van der Waals surface area contributed by atoms with Gasteiger partial charge < -0.3 is 15.5 Å². The number of halogens is 2. The van der Waals surface area contributed by atoms with Gasteiger partial charge in [0.15, 0.2) is 0 Å². The van der Waals surface area contributed by atoms with Crippen molar-refractivity contribution in [2.75, 3.05) is 33.2 Å². The second-order valence-corrected chi connectivity index (χ2v) is 6.26. The molecule has 1 saturated heterocycles. The van der Waals surface area contributed by atoms with Crippen molar-refractivity contribution in [3.05, 3.63) is 34.2 Å². The Balaban J connectivity index is 2.04. The first-order valence-corrected chi connectivity index (χ1v) is 7.79. The molecule has 2 aliphatic rings. The highest BCUT2D eigenvalue weighted by Gasteiger charge is 2.29. The first-order valence-electron chi connectivity index (χ1n) is 6.99. The highest BCUT2D eigenvalue weighted by molar-refractivity contribution is 9.10. The molecule has 4 N–H and O–H groups in total. The minimum Gasteiger partial charge on any atom is -0.403 e. The number of hydrogen-bond acceptors (Lipinski definition) is 6. The Morgan fingerprint density at radius 2 is 1.95 bits per heavy atom. The molecule has 0 saturated carbocycles. The van der Waals surface area contributed by atoms with Crippen LogP contribution in [-0.2, 0) is 0 Å². The molecule has 2 heterocycles. The van der Waals surface area contributed by atoms with Crippen LogP contribution >= 0.6 is 15.9 Å². The normalized spacial score (nSPS) is 21.1. The number of likely N-dealkylation sites (N-methyl/N-ethyl adjacent to an activating group) is 1. The molecule has 22 heavy (non-hydrogen) atoms. The van der Waals surface area contributed by atoms with Crippen molar-refractivity contribution in [2.24, 2.45) is 16.6 Å². The minimum atomic E-state index is -0.359. The molecule has 0 aliphatic carbocycles. The van der Waals surface area contributed by atoms with E-state index in [1.165, 1.54) is 17.3 Å². The van der Waals surface area contributed by atoms with Crippen molar-refractivity contribution in [3.8, 4) is 0 Å². The molecule has 0 amide bonds. The van der Waals surface area contributed by atoms with Gasteiger partial charge in [0.2, 0.25) is 5.96 Å². The number of hydrazine groups is 1. The lowest BCUT2D eigenvalue weighted by Gasteiger charge is -2.39. The summed E-state index contributed by atoms with van der Waals surface area (Å²) in [6, 6.07) is 3.04. The van der Waals surface area contributed by atoms with Crippen LogP contribution in [0.15, 0.2) is 27.8 Å². The number of benzene rings is 1. The van der Waals surface area contributed by atoms with E-state index in [0.717, 1.165) is 26.2 Å². The lowest BCUT2D eigenvalue weighted by atomic mass is 10.1. The number of hydrogen-bond donors (Lipinski definition) is 2. The molecule has 118 valence electrons. The van der Waals surface area contributed by atoms with Gasteiger partial charge in [0, 0.05) is 44.0 Å². The summed E-state index contributed by atoms with van der Waals surface area (Å²) in [6.07, 6.45) is 1.42. The van der Waals surface area contributed by atoms with E-state index in [1.54, 1.807) is 6.07 Å². The fourth-order valence-electron chi connectivity index (χ4n) is 2.63. The molecular weight excluding hydrogens is 351 g/mol. The third-order valence-electron chi connectivity index (χ3n) is 3.95. The van der Waals surface area contributed by atoms with E-state index in [9.17, 15) is 4.39 Å². The molecule has 0 spiro atoms. The molecule has 1 aromatic carbocycles. The summed E-state index contributed by atoms with van der Waals surface area (Å²) in [7, 11) is 2.08. The number of rotatable bonds is 0. The predicted molar refractivity (Wildman–Crippen MR) is 88.5 cm³/mol. The molecule has 3 rings (SSSR count). The Hall–Kier alpha value is -1.64. The monoisotopic (exact) mass is 368 g/mol. The van der Waals surface area contributed by atoms with Crippen molar-refractivity contribution < 1.29 is 4.39 Å². The summed E-state index contributed by atoms with van der Waals surface area (Å²) in [6.45, 7) is 3.48. The fraction of sp³-hybridized carbons (Fsp3) is 0.357. The van der Waals surface area contributed by atoms with Crippen molar-refractivity contribution in [1.29, 1.82) is 0 Å². The predicted octanol–water partition coefficient (Wildman–Crippen LogP) is 1.27. The Bertz CT molecular complexity index is 651. The van der Waals surface area contributed by atoms with Gasteiger partial charge in [-0.2, -0.15) is 0 Å². The zero-order chi connectivity index (χ0) is 15.9. The Morgan fingerprint density at radius 1 is 1.27 bits per heavy atom. The van der Waals surface area contributed by atoms with Crippen LogP contribution in [0.25, 0.3) is 5.70 Å². The summed E-state index contributed by atoms with van der Waals surface area (Å²) < 4.78 is 14.2. The topological polar surface area (TPSA) is 74.1 Å². The molecule has 1 aromatic rings. The zero-order valence-corrected chi connectivity index (χ0v) is 13.8. The highest BCUT2D eigenvalue weighted by Crippen LogP contribution is 2.36. The van der Waals surface area contributed by atoms with Crippen LogP contribution in [0.2, 0.25) is 0 Å². The maximum Gasteiger partial charge on any atom is 0.221 e. The van der Waals surface area contributed by atoms with Gasteiger partial charge in [-0.3, -0.25) is 0 Å². The summed E-state index contributed by atoms with van der Waals surface area (Å²) in [4.78, 5) is 8.87. The number of fused-ring (bicyclic) bond motifs is 1. The molecular formula is C14H18BrFN6. The van der Waals surface area contributed by atoms with Crippen LogP contribution in [0.4, 0.5) is 10.1 Å². The van der Waals surface area contributed by atoms with Gasteiger partial charge >= 0.3 is 0 Å². The molecule has 8 heteroatoms. The van der Waals surface area contributed by atoms with Crippen LogP contribution in [0.1, 0.15) is 5.56 Å². The van der Waals surface area contributed by atoms with Crippen molar-refractivity contribution >= 4 is 33.3 Å². The van der Waals surface area contributed by atoms with Crippen LogP contribution in [-0.4, -0.2) is 54.0 Å². The average molecular weight is 369 g/mol. The lowest BCUT2D eigenvalue weighted by Crippen LogP contribution is -2.54. The van der Waals surface area contributed by atoms with Gasteiger partial charge in [-0.05, 0) is 29.0 Å². The standard InChI is InChI=1S/C14H18BrFN6/c1-20-2-4-21(5-3-20)14-19-12-7-11(16)10(15)6-9(12)13(8-17)22(14)18/h6-8H,2-5,17-18H2,1H3/b13-8-.